The van der Waals surface area contributed by atoms with Gasteiger partial charge in [0.15, 0.2) is 5.76 Å². The Morgan fingerprint density at radius 2 is 1.89 bits per heavy atom. The van der Waals surface area contributed by atoms with Gasteiger partial charge in [0.05, 0.1) is 5.71 Å². The Morgan fingerprint density at radius 1 is 1.21 bits per heavy atom. The van der Waals surface area contributed by atoms with Crippen LogP contribution in [0.4, 0.5) is 10.5 Å². The average Bonchev–Trinajstić information content (AvgIpc) is 2.95. The van der Waals surface area contributed by atoms with Gasteiger partial charge in [0, 0.05) is 23.2 Å². The molecule has 148 valence electrons. The van der Waals surface area contributed by atoms with Gasteiger partial charge in [-0.15, -0.1) is 0 Å². The predicted octanol–water partition coefficient (Wildman–Crippen LogP) is 3.75. The second-order valence-corrected chi connectivity index (χ2v) is 7.91. The molecule has 0 radical (unpaired) electrons. The van der Waals surface area contributed by atoms with Gasteiger partial charge in [0.25, 0.3) is 5.91 Å². The van der Waals surface area contributed by atoms with Crippen LogP contribution in [0.5, 0.6) is 0 Å². The third-order valence-corrected chi connectivity index (χ3v) is 4.92. The van der Waals surface area contributed by atoms with E-state index in [1.54, 1.807) is 0 Å². The summed E-state index contributed by atoms with van der Waals surface area (Å²) in [7, 11) is 0. The summed E-state index contributed by atoms with van der Waals surface area (Å²) < 4.78 is 5.95. The van der Waals surface area contributed by atoms with Gasteiger partial charge < -0.3 is 15.5 Å². The molecule has 3 rings (SSSR count). The van der Waals surface area contributed by atoms with Crippen LogP contribution in [-0.2, 0) is 12.8 Å². The van der Waals surface area contributed by atoms with E-state index in [2.05, 4.69) is 36.6 Å². The van der Waals surface area contributed by atoms with Crippen LogP contribution in [0.2, 0.25) is 0 Å². The zero-order chi connectivity index (χ0) is 20.5. The molecule has 0 atom stereocenters. The minimum Gasteiger partial charge on any atom is -0.455 e. The molecule has 1 heterocycles. The van der Waals surface area contributed by atoms with Gasteiger partial charge in [-0.2, -0.15) is 5.10 Å². The van der Waals surface area contributed by atoms with Gasteiger partial charge in [-0.25, -0.2) is 10.2 Å². The van der Waals surface area contributed by atoms with Gasteiger partial charge in [-0.05, 0) is 42.9 Å². The number of furan rings is 1. The van der Waals surface area contributed by atoms with E-state index in [9.17, 15) is 9.59 Å². The predicted molar refractivity (Wildman–Crippen MR) is 109 cm³/mol. The van der Waals surface area contributed by atoms with Gasteiger partial charge in [0.2, 0.25) is 0 Å². The molecular formula is C21H26N4O3. The standard InChI is InChI=1S/C21H26N4O3/c1-5-13-6-8-14(9-7-13)23-19(26)18-12(2)17-15(24-25-20(22)27)10-21(3,4)11-16(17)28-18/h6-9H,5,10-11H2,1-4H3,(H,23,26)(H3,22,25,27)/b24-15-. The zero-order valence-corrected chi connectivity index (χ0v) is 16.7. The van der Waals surface area contributed by atoms with Crippen LogP contribution in [0.15, 0.2) is 33.8 Å². The number of carbonyl (C=O) groups excluding carboxylic acids is 2. The van der Waals surface area contributed by atoms with E-state index < -0.39 is 6.03 Å². The molecule has 0 saturated heterocycles. The fraction of sp³-hybridized carbons (Fsp3) is 0.381. The summed E-state index contributed by atoms with van der Waals surface area (Å²) in [6, 6.07) is 6.99. The minimum absolute atomic E-state index is 0.112. The molecule has 7 heteroatoms. The van der Waals surface area contributed by atoms with Gasteiger partial charge >= 0.3 is 6.03 Å². The molecule has 0 aliphatic heterocycles. The fourth-order valence-corrected chi connectivity index (χ4v) is 3.56. The molecule has 1 aromatic heterocycles. The summed E-state index contributed by atoms with van der Waals surface area (Å²) in [6.07, 6.45) is 2.26. The number of urea groups is 1. The molecule has 0 fully saturated rings. The number of nitrogens with zero attached hydrogens (tertiary/aromatic N) is 1. The van der Waals surface area contributed by atoms with E-state index in [4.69, 9.17) is 10.2 Å². The van der Waals surface area contributed by atoms with Crippen LogP contribution in [0.25, 0.3) is 0 Å². The Balaban J connectivity index is 1.92. The maximum atomic E-state index is 12.8. The Labute approximate surface area is 164 Å². The maximum absolute atomic E-state index is 12.8. The first kappa shape index (κ1) is 19.7. The second kappa shape index (κ2) is 7.50. The lowest BCUT2D eigenvalue weighted by Crippen LogP contribution is -2.31. The summed E-state index contributed by atoms with van der Waals surface area (Å²) in [5, 5.41) is 7.04. The van der Waals surface area contributed by atoms with Crippen molar-refractivity contribution in [3.05, 3.63) is 52.5 Å². The fourth-order valence-electron chi connectivity index (χ4n) is 3.56. The number of nitrogens with two attached hydrogens (primary N) is 1. The van der Waals surface area contributed by atoms with Crippen LogP contribution < -0.4 is 16.5 Å². The van der Waals surface area contributed by atoms with E-state index in [1.165, 1.54) is 5.56 Å². The van der Waals surface area contributed by atoms with Crippen molar-refractivity contribution < 1.29 is 14.0 Å². The van der Waals surface area contributed by atoms with E-state index in [-0.39, 0.29) is 17.1 Å². The Hall–Kier alpha value is -3.09. The first-order chi connectivity index (χ1) is 13.2. The van der Waals surface area contributed by atoms with Crippen molar-refractivity contribution in [2.75, 3.05) is 5.32 Å². The number of fused-ring (bicyclic) bond motifs is 1. The average molecular weight is 382 g/mol. The number of primary amides is 1. The first-order valence-electron chi connectivity index (χ1n) is 9.35. The van der Waals surface area contributed by atoms with Gasteiger partial charge in [-0.1, -0.05) is 32.9 Å². The first-order valence-corrected chi connectivity index (χ1v) is 9.35. The normalized spacial score (nSPS) is 16.5. The monoisotopic (exact) mass is 382 g/mol. The van der Waals surface area contributed by atoms with E-state index in [0.717, 1.165) is 12.0 Å². The third-order valence-electron chi connectivity index (χ3n) is 4.92. The second-order valence-electron chi connectivity index (χ2n) is 7.91. The zero-order valence-electron chi connectivity index (χ0n) is 16.7. The quantitative estimate of drug-likeness (QED) is 0.701. The Kier molecular flexibility index (Phi) is 5.27. The lowest BCUT2D eigenvalue weighted by atomic mass is 9.75. The molecule has 1 aromatic carbocycles. The molecule has 0 spiro atoms. The minimum atomic E-state index is -0.730. The van der Waals surface area contributed by atoms with Crippen LogP contribution in [0.1, 0.15) is 60.2 Å². The molecule has 3 amide bonds. The molecule has 4 N–H and O–H groups in total. The lowest BCUT2D eigenvalue weighted by Gasteiger charge is -2.29. The highest BCUT2D eigenvalue weighted by atomic mass is 16.4. The van der Waals surface area contributed by atoms with Crippen molar-refractivity contribution in [2.24, 2.45) is 16.3 Å². The molecule has 2 aromatic rings. The lowest BCUT2D eigenvalue weighted by molar-refractivity contribution is 0.0993. The van der Waals surface area contributed by atoms with Crippen molar-refractivity contribution in [1.29, 1.82) is 0 Å². The molecular weight excluding hydrogens is 356 g/mol. The van der Waals surface area contributed by atoms with Crippen LogP contribution >= 0.6 is 0 Å². The van der Waals surface area contributed by atoms with E-state index >= 15 is 0 Å². The molecule has 1 aliphatic rings. The SMILES string of the molecule is CCc1ccc(NC(=O)c2oc3c(c2C)/C(=N\NC(N)=O)CC(C)(C)C3)cc1. The van der Waals surface area contributed by atoms with Crippen molar-refractivity contribution >= 4 is 23.3 Å². The number of hydrogen-bond acceptors (Lipinski definition) is 4. The molecule has 28 heavy (non-hydrogen) atoms. The number of aryl methyl sites for hydroxylation is 1. The number of benzene rings is 1. The highest BCUT2D eigenvalue weighted by Crippen LogP contribution is 2.39. The summed E-state index contributed by atoms with van der Waals surface area (Å²) in [5.41, 5.74) is 11.4. The van der Waals surface area contributed by atoms with Crippen molar-refractivity contribution in [1.82, 2.24) is 5.43 Å². The molecule has 0 bridgehead atoms. The highest BCUT2D eigenvalue weighted by Gasteiger charge is 2.36. The summed E-state index contributed by atoms with van der Waals surface area (Å²) >= 11 is 0. The number of rotatable bonds is 4. The number of nitrogens with one attached hydrogen (secondary N) is 2. The summed E-state index contributed by atoms with van der Waals surface area (Å²) in [6.45, 7) is 8.08. The number of hydrogen-bond donors (Lipinski definition) is 3. The number of amides is 3. The van der Waals surface area contributed by atoms with Crippen LogP contribution in [0, 0.1) is 12.3 Å². The third kappa shape index (κ3) is 4.08. The van der Waals surface area contributed by atoms with Crippen molar-refractivity contribution in [3.8, 4) is 0 Å². The maximum Gasteiger partial charge on any atom is 0.332 e. The van der Waals surface area contributed by atoms with Crippen LogP contribution in [-0.4, -0.2) is 17.6 Å². The smallest absolute Gasteiger partial charge is 0.332 e. The molecule has 7 nitrogen and oxygen atoms in total. The van der Waals surface area contributed by atoms with E-state index in [1.807, 2.05) is 31.2 Å². The van der Waals surface area contributed by atoms with Gasteiger partial charge in [0.1, 0.15) is 5.76 Å². The largest absolute Gasteiger partial charge is 0.455 e. The van der Waals surface area contributed by atoms with Gasteiger partial charge in [-0.3, -0.25) is 4.79 Å². The number of anilines is 1. The van der Waals surface area contributed by atoms with Crippen molar-refractivity contribution in [3.63, 3.8) is 0 Å². The Bertz CT molecular complexity index is 939. The van der Waals surface area contributed by atoms with Crippen LogP contribution in [0.3, 0.4) is 0 Å². The van der Waals surface area contributed by atoms with Crippen molar-refractivity contribution in [2.45, 2.75) is 47.0 Å². The molecule has 0 unspecified atom stereocenters. The summed E-state index contributed by atoms with van der Waals surface area (Å²) in [5.74, 6) is 0.649. The number of carbonyl (C=O) groups is 2. The highest BCUT2D eigenvalue weighted by molar-refractivity contribution is 6.09. The Morgan fingerprint density at radius 3 is 2.50 bits per heavy atom. The number of hydrazone groups is 1. The molecule has 1 aliphatic carbocycles. The topological polar surface area (TPSA) is 110 Å². The summed E-state index contributed by atoms with van der Waals surface area (Å²) in [4.78, 5) is 23.9. The molecule has 0 saturated carbocycles. The van der Waals surface area contributed by atoms with E-state index in [0.29, 0.717) is 35.6 Å².